The topological polar surface area (TPSA) is 139 Å². The lowest BCUT2D eigenvalue weighted by atomic mass is 10.2. The largest absolute Gasteiger partial charge is 0.368 e. The van der Waals surface area contributed by atoms with Gasteiger partial charge in [-0.3, -0.25) is 0 Å². The van der Waals surface area contributed by atoms with Gasteiger partial charge in [-0.25, -0.2) is 22.9 Å². The maximum atomic E-state index is 12.5. The zero-order valence-corrected chi connectivity index (χ0v) is 14.9. The molecule has 10 heteroatoms. The lowest BCUT2D eigenvalue weighted by Crippen LogP contribution is -2.42. The van der Waals surface area contributed by atoms with Gasteiger partial charge in [0.15, 0.2) is 5.82 Å². The van der Waals surface area contributed by atoms with Crippen molar-refractivity contribution in [2.45, 2.75) is 31.7 Å². The first-order valence-corrected chi connectivity index (χ1v) is 8.95. The fourth-order valence-electron chi connectivity index (χ4n) is 2.00. The summed E-state index contributed by atoms with van der Waals surface area (Å²) in [6.07, 6.45) is 1.05. The lowest BCUT2D eigenvalue weighted by molar-refractivity contribution is 0.243. The zero-order valence-electron chi connectivity index (χ0n) is 14.1. The maximum absolute atomic E-state index is 12.5. The molecule has 2 amide bonds. The number of nitrogens with one attached hydrogen (secondary N) is 3. The highest BCUT2D eigenvalue weighted by Gasteiger charge is 2.24. The lowest BCUT2D eigenvalue weighted by Gasteiger charge is -2.14. The van der Waals surface area contributed by atoms with E-state index in [4.69, 9.17) is 5.73 Å². The molecule has 1 aromatic heterocycles. The van der Waals surface area contributed by atoms with Crippen molar-refractivity contribution >= 4 is 33.5 Å². The van der Waals surface area contributed by atoms with E-state index in [9.17, 15) is 13.2 Å². The third-order valence-electron chi connectivity index (χ3n) is 2.99. The Bertz CT molecular complexity index is 883. The fraction of sp³-hybridized carbons (Fsp3) is 0.267. The average Bonchev–Trinajstić information content (AvgIpc) is 2.45. The van der Waals surface area contributed by atoms with Crippen molar-refractivity contribution in [1.82, 2.24) is 20.0 Å². The second-order valence-corrected chi connectivity index (χ2v) is 7.32. The van der Waals surface area contributed by atoms with Gasteiger partial charge in [0.05, 0.1) is 6.20 Å². The molecule has 0 atom stereocenters. The molecule has 2 rings (SSSR count). The van der Waals surface area contributed by atoms with Crippen molar-refractivity contribution in [2.24, 2.45) is 0 Å². The van der Waals surface area contributed by atoms with E-state index < -0.39 is 16.1 Å². The van der Waals surface area contributed by atoms with Gasteiger partial charge < -0.3 is 16.4 Å². The standard InChI is InChI=1S/C15H20N6O3S/c1-9(2)18-15(22)21-25(23,24)12-8-17-14(16)20-13(12)19-11-6-4-5-10(3)7-11/h4-9H,1-3H3,(H2,18,21,22)(H3,16,17,19,20). The number of nitrogens with two attached hydrogens (primary N) is 1. The Balaban J connectivity index is 2.36. The molecule has 0 saturated heterocycles. The number of aryl methyl sites for hydroxylation is 1. The molecule has 25 heavy (non-hydrogen) atoms. The molecule has 1 aromatic carbocycles. The summed E-state index contributed by atoms with van der Waals surface area (Å²) in [5.41, 5.74) is 7.17. The van der Waals surface area contributed by atoms with Crippen LogP contribution in [0.4, 0.5) is 22.2 Å². The Morgan fingerprint density at radius 3 is 2.64 bits per heavy atom. The van der Waals surface area contributed by atoms with Gasteiger partial charge in [0.2, 0.25) is 5.95 Å². The Hall–Kier alpha value is -2.88. The smallest absolute Gasteiger partial charge is 0.328 e. The van der Waals surface area contributed by atoms with Crippen LogP contribution < -0.4 is 21.1 Å². The number of anilines is 3. The predicted octanol–water partition coefficient (Wildman–Crippen LogP) is 1.51. The third-order valence-corrected chi connectivity index (χ3v) is 4.32. The second-order valence-electron chi connectivity index (χ2n) is 5.67. The average molecular weight is 364 g/mol. The molecule has 134 valence electrons. The van der Waals surface area contributed by atoms with Crippen molar-refractivity contribution in [2.75, 3.05) is 11.1 Å². The summed E-state index contributed by atoms with van der Waals surface area (Å²) in [4.78, 5) is 19.1. The molecule has 0 spiro atoms. The van der Waals surface area contributed by atoms with Gasteiger partial charge in [-0.05, 0) is 38.5 Å². The number of rotatable bonds is 5. The summed E-state index contributed by atoms with van der Waals surface area (Å²) in [6.45, 7) is 5.32. The number of sulfonamides is 1. The van der Waals surface area contributed by atoms with Crippen LogP contribution in [0.5, 0.6) is 0 Å². The van der Waals surface area contributed by atoms with Crippen LogP contribution in [-0.4, -0.2) is 30.5 Å². The number of carbonyl (C=O) groups is 1. The molecule has 0 aliphatic rings. The Morgan fingerprint density at radius 1 is 1.28 bits per heavy atom. The number of urea groups is 1. The van der Waals surface area contributed by atoms with Crippen LogP contribution in [-0.2, 0) is 10.0 Å². The first-order chi connectivity index (χ1) is 11.7. The van der Waals surface area contributed by atoms with Crippen molar-refractivity contribution in [1.29, 1.82) is 0 Å². The summed E-state index contributed by atoms with van der Waals surface area (Å²) in [7, 11) is -4.19. The van der Waals surface area contributed by atoms with Crippen molar-refractivity contribution in [3.63, 3.8) is 0 Å². The summed E-state index contributed by atoms with van der Waals surface area (Å²) in [5, 5.41) is 5.33. The Morgan fingerprint density at radius 2 is 2.00 bits per heavy atom. The molecule has 5 N–H and O–H groups in total. The van der Waals surface area contributed by atoms with Crippen LogP contribution in [0.3, 0.4) is 0 Å². The van der Waals surface area contributed by atoms with Crippen LogP contribution in [0.25, 0.3) is 0 Å². The van der Waals surface area contributed by atoms with Crippen LogP contribution >= 0.6 is 0 Å². The highest BCUT2D eigenvalue weighted by atomic mass is 32.2. The van der Waals surface area contributed by atoms with Gasteiger partial charge in [-0.2, -0.15) is 4.98 Å². The molecular weight excluding hydrogens is 344 g/mol. The van der Waals surface area contributed by atoms with Crippen LogP contribution in [0.1, 0.15) is 19.4 Å². The number of hydrogen-bond donors (Lipinski definition) is 4. The van der Waals surface area contributed by atoms with Gasteiger partial charge in [-0.1, -0.05) is 12.1 Å². The predicted molar refractivity (Wildman–Crippen MR) is 94.9 cm³/mol. The minimum Gasteiger partial charge on any atom is -0.368 e. The minimum absolute atomic E-state index is 0.0250. The van der Waals surface area contributed by atoms with Gasteiger partial charge in [0, 0.05) is 11.7 Å². The Kier molecular flexibility index (Phi) is 5.42. The van der Waals surface area contributed by atoms with Crippen molar-refractivity contribution in [3.8, 4) is 0 Å². The number of amides is 2. The maximum Gasteiger partial charge on any atom is 0.328 e. The molecule has 0 unspecified atom stereocenters. The van der Waals surface area contributed by atoms with E-state index in [0.29, 0.717) is 5.69 Å². The van der Waals surface area contributed by atoms with E-state index in [2.05, 4.69) is 20.6 Å². The monoisotopic (exact) mass is 364 g/mol. The van der Waals surface area contributed by atoms with Gasteiger partial charge in [0.1, 0.15) is 4.90 Å². The second kappa shape index (κ2) is 7.34. The number of benzene rings is 1. The molecule has 0 aliphatic heterocycles. The van der Waals surface area contributed by atoms with Crippen LogP contribution in [0.15, 0.2) is 35.4 Å². The Labute approximate surface area is 146 Å². The molecule has 0 saturated carbocycles. The molecule has 1 heterocycles. The van der Waals surface area contributed by atoms with Crippen LogP contribution in [0, 0.1) is 6.92 Å². The van der Waals surface area contributed by atoms with Gasteiger partial charge in [-0.15, -0.1) is 0 Å². The SMILES string of the molecule is Cc1cccc(Nc2nc(N)ncc2S(=O)(=O)NC(=O)NC(C)C)c1. The third kappa shape index (κ3) is 5.05. The molecule has 9 nitrogen and oxygen atoms in total. The van der Waals surface area contributed by atoms with Gasteiger partial charge in [0.25, 0.3) is 10.0 Å². The van der Waals surface area contributed by atoms with Gasteiger partial charge >= 0.3 is 6.03 Å². The number of nitrogen functional groups attached to an aromatic ring is 1. The normalized spacial score (nSPS) is 11.2. The van der Waals surface area contributed by atoms with E-state index in [1.807, 2.05) is 29.8 Å². The quantitative estimate of drug-likeness (QED) is 0.630. The number of nitrogens with zero attached hydrogens (tertiary/aromatic N) is 2. The molecule has 0 bridgehead atoms. The van der Waals surface area contributed by atoms with E-state index in [-0.39, 0.29) is 22.7 Å². The summed E-state index contributed by atoms with van der Waals surface area (Å²) in [5.74, 6) is -0.122. The number of carbonyl (C=O) groups excluding carboxylic acids is 1. The molecule has 0 radical (unpaired) electrons. The summed E-state index contributed by atoms with van der Waals surface area (Å²) < 4.78 is 26.9. The molecule has 2 aromatic rings. The molecule has 0 aliphatic carbocycles. The van der Waals surface area contributed by atoms with Crippen molar-refractivity contribution < 1.29 is 13.2 Å². The first kappa shape index (κ1) is 18.5. The zero-order chi connectivity index (χ0) is 18.6. The van der Waals surface area contributed by atoms with E-state index in [1.54, 1.807) is 19.9 Å². The number of hydrogen-bond acceptors (Lipinski definition) is 7. The minimum atomic E-state index is -4.19. The molecular formula is C15H20N6O3S. The van der Waals surface area contributed by atoms with Crippen LogP contribution in [0.2, 0.25) is 0 Å². The van der Waals surface area contributed by atoms with E-state index in [1.165, 1.54) is 0 Å². The van der Waals surface area contributed by atoms with Crippen molar-refractivity contribution in [3.05, 3.63) is 36.0 Å². The molecule has 0 fully saturated rings. The summed E-state index contributed by atoms with van der Waals surface area (Å²) in [6, 6.07) is 6.21. The summed E-state index contributed by atoms with van der Waals surface area (Å²) >= 11 is 0. The fourth-order valence-corrected chi connectivity index (χ4v) is 2.95. The number of aromatic nitrogens is 2. The van der Waals surface area contributed by atoms with E-state index in [0.717, 1.165) is 11.8 Å². The highest BCUT2D eigenvalue weighted by molar-refractivity contribution is 7.90. The van der Waals surface area contributed by atoms with E-state index >= 15 is 0 Å². The highest BCUT2D eigenvalue weighted by Crippen LogP contribution is 2.23. The first-order valence-electron chi connectivity index (χ1n) is 7.47.